The molecule has 1 amide bonds. The highest BCUT2D eigenvalue weighted by molar-refractivity contribution is 7.86. The van der Waals surface area contributed by atoms with Crippen LogP contribution in [-0.4, -0.2) is 62.8 Å². The van der Waals surface area contributed by atoms with E-state index in [2.05, 4.69) is 12.2 Å². The van der Waals surface area contributed by atoms with Crippen molar-refractivity contribution in [2.45, 2.75) is 6.92 Å². The zero-order valence-corrected chi connectivity index (χ0v) is 11.3. The molecule has 0 spiro atoms. The van der Waals surface area contributed by atoms with Gasteiger partial charge in [0, 0.05) is 32.7 Å². The maximum atomic E-state index is 12.3. The highest BCUT2D eigenvalue weighted by Crippen LogP contribution is 2.19. The van der Waals surface area contributed by atoms with Crippen LogP contribution in [0.15, 0.2) is 0 Å². The Morgan fingerprint density at radius 1 is 1.22 bits per heavy atom. The van der Waals surface area contributed by atoms with Gasteiger partial charge in [0.25, 0.3) is 10.2 Å². The summed E-state index contributed by atoms with van der Waals surface area (Å²) >= 11 is 0. The van der Waals surface area contributed by atoms with Crippen LogP contribution < -0.4 is 10.5 Å². The number of carbonyl (C=O) groups is 1. The number of nitrogens with zero attached hydrogens (tertiary/aromatic N) is 2. The van der Waals surface area contributed by atoms with Crippen LogP contribution in [0.5, 0.6) is 0 Å². The summed E-state index contributed by atoms with van der Waals surface area (Å²) in [5.41, 5.74) is 0. The molecule has 2 aliphatic heterocycles. The average Bonchev–Trinajstić information content (AvgIpc) is 2.73. The van der Waals surface area contributed by atoms with Gasteiger partial charge in [0.15, 0.2) is 0 Å². The van der Waals surface area contributed by atoms with Crippen LogP contribution in [0.2, 0.25) is 0 Å². The highest BCUT2D eigenvalue weighted by atomic mass is 32.2. The van der Waals surface area contributed by atoms with Gasteiger partial charge in [0.1, 0.15) is 0 Å². The van der Waals surface area contributed by atoms with E-state index in [9.17, 15) is 13.2 Å². The normalized spacial score (nSPS) is 30.7. The summed E-state index contributed by atoms with van der Waals surface area (Å²) in [4.78, 5) is 14.0. The molecule has 2 aliphatic rings. The Hall–Kier alpha value is -0.700. The van der Waals surface area contributed by atoms with Gasteiger partial charge in [-0.25, -0.2) is 5.14 Å². The van der Waals surface area contributed by atoms with Crippen molar-refractivity contribution in [3.05, 3.63) is 0 Å². The smallest absolute Gasteiger partial charge is 0.277 e. The van der Waals surface area contributed by atoms with E-state index in [0.717, 1.165) is 13.1 Å². The van der Waals surface area contributed by atoms with Crippen molar-refractivity contribution >= 4 is 16.1 Å². The fourth-order valence-corrected chi connectivity index (χ4v) is 3.21. The predicted octanol–water partition coefficient (Wildman–Crippen LogP) is -1.81. The van der Waals surface area contributed by atoms with Crippen LogP contribution in [0.1, 0.15) is 6.92 Å². The van der Waals surface area contributed by atoms with E-state index in [1.165, 1.54) is 4.31 Å². The van der Waals surface area contributed by atoms with Crippen molar-refractivity contribution in [1.29, 1.82) is 0 Å². The molecule has 7 nitrogen and oxygen atoms in total. The average molecular weight is 276 g/mol. The molecule has 0 aromatic heterocycles. The number of hydrogen-bond acceptors (Lipinski definition) is 4. The monoisotopic (exact) mass is 276 g/mol. The second-order valence-corrected chi connectivity index (χ2v) is 6.56. The second-order valence-electron chi connectivity index (χ2n) is 5.01. The highest BCUT2D eigenvalue weighted by Gasteiger charge is 2.35. The third kappa shape index (κ3) is 2.82. The Bertz CT molecular complexity index is 417. The minimum atomic E-state index is -3.62. The first-order valence-corrected chi connectivity index (χ1v) is 7.67. The number of rotatable bonds is 2. The van der Waals surface area contributed by atoms with Gasteiger partial charge in [0.2, 0.25) is 5.91 Å². The van der Waals surface area contributed by atoms with Gasteiger partial charge >= 0.3 is 0 Å². The Labute approximate surface area is 107 Å². The molecular formula is C10H20N4O3S. The largest absolute Gasteiger partial charge is 0.340 e. The van der Waals surface area contributed by atoms with Gasteiger partial charge < -0.3 is 10.2 Å². The lowest BCUT2D eigenvalue weighted by Gasteiger charge is -2.34. The molecule has 0 bridgehead atoms. The summed E-state index contributed by atoms with van der Waals surface area (Å²) in [5, 5.41) is 8.26. The van der Waals surface area contributed by atoms with Gasteiger partial charge in [-0.05, 0) is 12.5 Å². The van der Waals surface area contributed by atoms with E-state index in [0.29, 0.717) is 32.1 Å². The number of hydrogen-bond donors (Lipinski definition) is 2. The summed E-state index contributed by atoms with van der Waals surface area (Å²) in [6, 6.07) is 0. The van der Waals surface area contributed by atoms with Crippen LogP contribution in [-0.2, 0) is 15.0 Å². The molecular weight excluding hydrogens is 256 g/mol. The van der Waals surface area contributed by atoms with Crippen LogP contribution in [0.4, 0.5) is 0 Å². The van der Waals surface area contributed by atoms with E-state index in [1.807, 2.05) is 0 Å². The minimum absolute atomic E-state index is 0.0195. The van der Waals surface area contributed by atoms with Crippen molar-refractivity contribution < 1.29 is 13.2 Å². The lowest BCUT2D eigenvalue weighted by molar-refractivity contribution is -0.137. The molecule has 2 heterocycles. The quantitative estimate of drug-likeness (QED) is 0.621. The number of carbonyl (C=O) groups excluding carboxylic acids is 1. The van der Waals surface area contributed by atoms with E-state index in [4.69, 9.17) is 5.14 Å². The summed E-state index contributed by atoms with van der Waals surface area (Å²) < 4.78 is 23.5. The van der Waals surface area contributed by atoms with Crippen molar-refractivity contribution in [3.63, 3.8) is 0 Å². The van der Waals surface area contributed by atoms with Crippen LogP contribution in [0.3, 0.4) is 0 Å². The molecule has 0 unspecified atom stereocenters. The molecule has 0 aromatic carbocycles. The number of nitrogens with one attached hydrogen (secondary N) is 1. The fraction of sp³-hybridized carbons (Fsp3) is 0.900. The lowest BCUT2D eigenvalue weighted by atomic mass is 9.96. The molecule has 3 N–H and O–H groups in total. The summed E-state index contributed by atoms with van der Waals surface area (Å²) in [6.45, 7) is 5.08. The van der Waals surface area contributed by atoms with E-state index in [-0.39, 0.29) is 11.8 Å². The summed E-state index contributed by atoms with van der Waals surface area (Å²) in [6.07, 6.45) is 0. The predicted molar refractivity (Wildman–Crippen MR) is 66.8 cm³/mol. The standard InChI is InChI=1S/C10H20N4O3S/c1-8-6-12-7-9(8)10(15)13-2-4-14(5-3-13)18(11,16)17/h8-9,12H,2-7H2,1H3,(H2,11,16,17)/t8-,9-/m1/s1. The first-order chi connectivity index (χ1) is 8.39. The van der Waals surface area contributed by atoms with Gasteiger partial charge in [0.05, 0.1) is 5.92 Å². The third-order valence-electron chi connectivity index (χ3n) is 3.74. The third-order valence-corrected chi connectivity index (χ3v) is 4.83. The Morgan fingerprint density at radius 2 is 1.83 bits per heavy atom. The maximum Gasteiger partial charge on any atom is 0.277 e. The molecule has 104 valence electrons. The molecule has 2 saturated heterocycles. The van der Waals surface area contributed by atoms with E-state index in [1.54, 1.807) is 4.90 Å². The van der Waals surface area contributed by atoms with E-state index < -0.39 is 10.2 Å². The van der Waals surface area contributed by atoms with Gasteiger partial charge in [-0.1, -0.05) is 6.92 Å². The van der Waals surface area contributed by atoms with Crippen molar-refractivity contribution in [2.24, 2.45) is 17.0 Å². The van der Waals surface area contributed by atoms with Crippen LogP contribution in [0, 0.1) is 11.8 Å². The van der Waals surface area contributed by atoms with Crippen molar-refractivity contribution in [1.82, 2.24) is 14.5 Å². The van der Waals surface area contributed by atoms with Crippen LogP contribution in [0.25, 0.3) is 0 Å². The van der Waals surface area contributed by atoms with Crippen molar-refractivity contribution in [2.75, 3.05) is 39.3 Å². The molecule has 2 atom stereocenters. The van der Waals surface area contributed by atoms with Gasteiger partial charge in [-0.2, -0.15) is 12.7 Å². The molecule has 0 saturated carbocycles. The fourth-order valence-electron chi connectivity index (χ4n) is 2.54. The summed E-state index contributed by atoms with van der Waals surface area (Å²) in [7, 11) is -3.62. The maximum absolute atomic E-state index is 12.3. The lowest BCUT2D eigenvalue weighted by Crippen LogP contribution is -2.53. The Morgan fingerprint density at radius 3 is 2.28 bits per heavy atom. The minimum Gasteiger partial charge on any atom is -0.340 e. The Kier molecular flexibility index (Phi) is 3.90. The number of amides is 1. The SMILES string of the molecule is C[C@@H]1CNC[C@H]1C(=O)N1CCN(S(N)(=O)=O)CC1. The van der Waals surface area contributed by atoms with Gasteiger partial charge in [-0.3, -0.25) is 4.79 Å². The van der Waals surface area contributed by atoms with Crippen LogP contribution >= 0.6 is 0 Å². The molecule has 18 heavy (non-hydrogen) atoms. The molecule has 2 fully saturated rings. The van der Waals surface area contributed by atoms with Crippen molar-refractivity contribution in [3.8, 4) is 0 Å². The zero-order valence-electron chi connectivity index (χ0n) is 10.5. The van der Waals surface area contributed by atoms with E-state index >= 15 is 0 Å². The molecule has 0 aromatic rings. The molecule has 2 rings (SSSR count). The molecule has 0 aliphatic carbocycles. The number of piperazine rings is 1. The number of nitrogens with two attached hydrogens (primary N) is 1. The topological polar surface area (TPSA) is 95.7 Å². The Balaban J connectivity index is 1.92. The first-order valence-electron chi connectivity index (χ1n) is 6.17. The second kappa shape index (κ2) is 5.12. The summed E-state index contributed by atoms with van der Waals surface area (Å²) in [5.74, 6) is 0.487. The molecule has 0 radical (unpaired) electrons. The first kappa shape index (κ1) is 13.7. The zero-order chi connectivity index (χ0) is 13.3. The van der Waals surface area contributed by atoms with Gasteiger partial charge in [-0.15, -0.1) is 0 Å². The molecule has 8 heteroatoms.